The van der Waals surface area contributed by atoms with Crippen LogP contribution in [0.1, 0.15) is 30.5 Å². The molecule has 0 aromatic carbocycles. The van der Waals surface area contributed by atoms with Crippen molar-refractivity contribution in [3.05, 3.63) is 18.7 Å². The van der Waals surface area contributed by atoms with Crippen molar-refractivity contribution in [3.63, 3.8) is 0 Å². The standard InChI is InChI=1S/C11H14N2O2/c14-10(13-6-5-12-8-13)11-3-1-9(2-4-11)7-15-11/h5-6,8-9H,1-4,7H2. The minimum atomic E-state index is -0.546. The molecule has 1 aliphatic carbocycles. The number of carbonyl (C=O) groups excluding carboxylic acids is 1. The molecule has 3 fully saturated rings. The first-order valence-electron chi connectivity index (χ1n) is 5.47. The molecule has 1 aromatic rings. The molecule has 0 N–H and O–H groups in total. The van der Waals surface area contributed by atoms with Crippen LogP contribution in [0.25, 0.3) is 0 Å². The normalized spacial score (nSPS) is 34.3. The Labute approximate surface area is 88.3 Å². The number of imidazole rings is 1. The second kappa shape index (κ2) is 3.17. The third kappa shape index (κ3) is 1.32. The van der Waals surface area contributed by atoms with Crippen LogP contribution in [0.15, 0.2) is 18.7 Å². The molecule has 15 heavy (non-hydrogen) atoms. The maximum atomic E-state index is 12.2. The van der Waals surface area contributed by atoms with Crippen molar-refractivity contribution < 1.29 is 9.53 Å². The number of fused-ring (bicyclic) bond motifs is 3. The van der Waals surface area contributed by atoms with Crippen molar-refractivity contribution in [1.29, 1.82) is 0 Å². The highest BCUT2D eigenvalue weighted by molar-refractivity contribution is 5.87. The van der Waals surface area contributed by atoms with Crippen LogP contribution in [0.2, 0.25) is 0 Å². The molecule has 0 radical (unpaired) electrons. The third-order valence-electron chi connectivity index (χ3n) is 3.64. The fourth-order valence-corrected chi connectivity index (χ4v) is 2.62. The zero-order chi connectivity index (χ0) is 10.3. The summed E-state index contributed by atoms with van der Waals surface area (Å²) < 4.78 is 7.30. The van der Waals surface area contributed by atoms with Crippen LogP contribution in [0.3, 0.4) is 0 Å². The summed E-state index contributed by atoms with van der Waals surface area (Å²) in [6.07, 6.45) is 8.87. The van der Waals surface area contributed by atoms with Crippen molar-refractivity contribution >= 4 is 5.91 Å². The molecule has 4 rings (SSSR count). The number of carbonyl (C=O) groups is 1. The van der Waals surface area contributed by atoms with Crippen molar-refractivity contribution in [1.82, 2.24) is 9.55 Å². The number of hydrogen-bond acceptors (Lipinski definition) is 3. The summed E-state index contributed by atoms with van der Waals surface area (Å²) in [5.74, 6) is 0.737. The fraction of sp³-hybridized carbons (Fsp3) is 0.636. The van der Waals surface area contributed by atoms with Gasteiger partial charge in [0.05, 0.1) is 6.61 Å². The Morgan fingerprint density at radius 1 is 1.47 bits per heavy atom. The Kier molecular flexibility index (Phi) is 1.92. The Hall–Kier alpha value is -1.16. The van der Waals surface area contributed by atoms with Gasteiger partial charge in [-0.1, -0.05) is 0 Å². The number of aromatic nitrogens is 2. The van der Waals surface area contributed by atoms with Crippen molar-refractivity contribution in [2.24, 2.45) is 5.92 Å². The molecule has 0 atom stereocenters. The van der Waals surface area contributed by atoms with Crippen molar-refractivity contribution in [2.75, 3.05) is 6.61 Å². The molecule has 4 heteroatoms. The molecule has 3 aliphatic rings. The van der Waals surface area contributed by atoms with Gasteiger partial charge in [0, 0.05) is 12.4 Å². The van der Waals surface area contributed by atoms with Crippen LogP contribution >= 0.6 is 0 Å². The van der Waals surface area contributed by atoms with E-state index in [4.69, 9.17) is 4.74 Å². The lowest BCUT2D eigenvalue weighted by Crippen LogP contribution is -2.52. The summed E-state index contributed by atoms with van der Waals surface area (Å²) in [4.78, 5) is 16.1. The molecule has 2 aliphatic heterocycles. The van der Waals surface area contributed by atoms with E-state index in [1.807, 2.05) is 0 Å². The van der Waals surface area contributed by atoms with Crippen LogP contribution in [0.4, 0.5) is 0 Å². The molecular formula is C11H14N2O2. The van der Waals surface area contributed by atoms with Crippen LogP contribution < -0.4 is 0 Å². The van der Waals surface area contributed by atoms with E-state index in [0.29, 0.717) is 5.92 Å². The zero-order valence-electron chi connectivity index (χ0n) is 8.56. The lowest BCUT2D eigenvalue weighted by molar-refractivity contribution is -0.119. The molecule has 3 heterocycles. The van der Waals surface area contributed by atoms with Crippen molar-refractivity contribution in [3.8, 4) is 0 Å². The number of ether oxygens (including phenoxy) is 1. The van der Waals surface area contributed by atoms with E-state index in [1.54, 1.807) is 23.3 Å². The predicted octanol–water partition coefficient (Wildman–Crippen LogP) is 1.48. The average Bonchev–Trinajstić information content (AvgIpc) is 2.84. The fourth-order valence-electron chi connectivity index (χ4n) is 2.62. The van der Waals surface area contributed by atoms with Gasteiger partial charge in [0.1, 0.15) is 11.9 Å². The Morgan fingerprint density at radius 2 is 2.27 bits per heavy atom. The highest BCUT2D eigenvalue weighted by Crippen LogP contribution is 2.41. The van der Waals surface area contributed by atoms with E-state index in [0.717, 1.165) is 32.3 Å². The summed E-state index contributed by atoms with van der Waals surface area (Å²) in [5, 5.41) is 0. The summed E-state index contributed by atoms with van der Waals surface area (Å²) >= 11 is 0. The van der Waals surface area contributed by atoms with Gasteiger partial charge in [-0.3, -0.25) is 9.36 Å². The molecule has 80 valence electrons. The summed E-state index contributed by atoms with van der Waals surface area (Å²) in [6.45, 7) is 0.750. The summed E-state index contributed by atoms with van der Waals surface area (Å²) in [5.41, 5.74) is -0.546. The number of hydrogen-bond donors (Lipinski definition) is 0. The van der Waals surface area contributed by atoms with Gasteiger partial charge in [0.15, 0.2) is 0 Å². The van der Waals surface area contributed by atoms with Gasteiger partial charge in [-0.05, 0) is 31.6 Å². The largest absolute Gasteiger partial charge is 0.365 e. The highest BCUT2D eigenvalue weighted by Gasteiger charge is 2.47. The van der Waals surface area contributed by atoms with Gasteiger partial charge < -0.3 is 4.74 Å². The first-order valence-corrected chi connectivity index (χ1v) is 5.47. The third-order valence-corrected chi connectivity index (χ3v) is 3.64. The maximum Gasteiger partial charge on any atom is 0.264 e. The van der Waals surface area contributed by atoms with E-state index in [9.17, 15) is 4.79 Å². The molecule has 1 aromatic heterocycles. The van der Waals surface area contributed by atoms with E-state index in [-0.39, 0.29) is 5.91 Å². The lowest BCUT2D eigenvalue weighted by atomic mass is 9.75. The monoisotopic (exact) mass is 206 g/mol. The van der Waals surface area contributed by atoms with Gasteiger partial charge in [-0.25, -0.2) is 4.98 Å². The van der Waals surface area contributed by atoms with Gasteiger partial charge in [0.25, 0.3) is 5.91 Å². The lowest BCUT2D eigenvalue weighted by Gasteiger charge is -2.44. The SMILES string of the molecule is O=C(n1ccnc1)C12CCC(CC1)CO2. The molecule has 2 bridgehead atoms. The quantitative estimate of drug-likeness (QED) is 0.699. The molecular weight excluding hydrogens is 192 g/mol. The average molecular weight is 206 g/mol. The van der Waals surface area contributed by atoms with Gasteiger partial charge >= 0.3 is 0 Å². The van der Waals surface area contributed by atoms with E-state index >= 15 is 0 Å². The van der Waals surface area contributed by atoms with E-state index in [2.05, 4.69) is 4.98 Å². The minimum absolute atomic E-state index is 0.0538. The Morgan fingerprint density at radius 3 is 2.80 bits per heavy atom. The van der Waals surface area contributed by atoms with Gasteiger partial charge in [-0.15, -0.1) is 0 Å². The van der Waals surface area contributed by atoms with Crippen LogP contribution in [0.5, 0.6) is 0 Å². The Balaban J connectivity index is 1.89. The van der Waals surface area contributed by atoms with Crippen LogP contribution in [-0.4, -0.2) is 27.7 Å². The molecule has 1 saturated carbocycles. The highest BCUT2D eigenvalue weighted by atomic mass is 16.5. The molecule has 0 unspecified atom stereocenters. The van der Waals surface area contributed by atoms with Crippen LogP contribution in [0, 0.1) is 5.92 Å². The van der Waals surface area contributed by atoms with Crippen molar-refractivity contribution in [2.45, 2.75) is 31.3 Å². The molecule has 0 spiro atoms. The zero-order valence-corrected chi connectivity index (χ0v) is 8.56. The van der Waals surface area contributed by atoms with E-state index in [1.165, 1.54) is 0 Å². The molecule has 2 saturated heterocycles. The second-order valence-electron chi connectivity index (χ2n) is 4.52. The topological polar surface area (TPSA) is 44.1 Å². The number of rotatable bonds is 1. The van der Waals surface area contributed by atoms with Gasteiger partial charge in [0.2, 0.25) is 0 Å². The Bertz CT molecular complexity index is 350. The predicted molar refractivity (Wildman–Crippen MR) is 53.5 cm³/mol. The number of nitrogens with zero attached hydrogens (tertiary/aromatic N) is 2. The first kappa shape index (κ1) is 9.09. The smallest absolute Gasteiger partial charge is 0.264 e. The first-order chi connectivity index (χ1) is 7.30. The van der Waals surface area contributed by atoms with Crippen LogP contribution in [-0.2, 0) is 4.74 Å². The molecule has 0 amide bonds. The molecule has 4 nitrogen and oxygen atoms in total. The summed E-state index contributed by atoms with van der Waals surface area (Å²) in [6, 6.07) is 0. The van der Waals surface area contributed by atoms with E-state index < -0.39 is 5.60 Å². The minimum Gasteiger partial charge on any atom is -0.365 e. The van der Waals surface area contributed by atoms with Gasteiger partial charge in [-0.2, -0.15) is 0 Å². The maximum absolute atomic E-state index is 12.2. The summed E-state index contributed by atoms with van der Waals surface area (Å²) in [7, 11) is 0. The second-order valence-corrected chi connectivity index (χ2v) is 4.52.